The number of ketones is 1. The quantitative estimate of drug-likeness (QED) is 0.568. The van der Waals surface area contributed by atoms with E-state index in [0.29, 0.717) is 0 Å². The average Bonchev–Trinajstić information content (AvgIpc) is 2.90. The van der Waals surface area contributed by atoms with E-state index in [2.05, 4.69) is 9.97 Å². The minimum atomic E-state index is 0.0159. The summed E-state index contributed by atoms with van der Waals surface area (Å²) in [5, 5.41) is 0.934. The molecule has 1 aliphatic carbocycles. The van der Waals surface area contributed by atoms with E-state index in [4.69, 9.17) is 0 Å². The number of nitrogens with zero attached hydrogens (tertiary/aromatic N) is 3. The summed E-state index contributed by atoms with van der Waals surface area (Å²) in [5.41, 5.74) is 3.69. The predicted molar refractivity (Wildman–Crippen MR) is 64.2 cm³/mol. The van der Waals surface area contributed by atoms with E-state index in [1.807, 2.05) is 28.9 Å². The fourth-order valence-corrected chi connectivity index (χ4v) is 2.31. The van der Waals surface area contributed by atoms with Crippen molar-refractivity contribution in [2.24, 2.45) is 0 Å². The minimum Gasteiger partial charge on any atom is -0.321 e. The topological polar surface area (TPSA) is 47.3 Å². The van der Waals surface area contributed by atoms with Gasteiger partial charge in [0.2, 0.25) is 0 Å². The number of hydrogen-bond acceptors (Lipinski definition) is 3. The lowest BCUT2D eigenvalue weighted by Crippen LogP contribution is -2.09. The first kappa shape index (κ1) is 8.64. The normalized spacial score (nSPS) is 14.2. The number of pyridine rings is 1. The summed E-state index contributed by atoms with van der Waals surface area (Å²) >= 11 is 0. The van der Waals surface area contributed by atoms with E-state index >= 15 is 0 Å². The summed E-state index contributed by atoms with van der Waals surface area (Å²) in [5.74, 6) is 0.0159. The van der Waals surface area contributed by atoms with Crippen LogP contribution in [0.1, 0.15) is 5.56 Å². The van der Waals surface area contributed by atoms with Crippen LogP contribution in [0, 0.1) is 0 Å². The SMILES string of the molecule is O=C1C=Cc2cn3ccc4ncnc4c3c2=C1. The van der Waals surface area contributed by atoms with Crippen LogP contribution in [-0.2, 0) is 4.79 Å². The highest BCUT2D eigenvalue weighted by Crippen LogP contribution is 2.16. The number of carbonyl (C=O) groups is 1. The van der Waals surface area contributed by atoms with Gasteiger partial charge >= 0.3 is 0 Å². The minimum absolute atomic E-state index is 0.0159. The lowest BCUT2D eigenvalue weighted by atomic mass is 10.1. The Morgan fingerprint density at radius 3 is 3.06 bits per heavy atom. The number of allylic oxidation sites excluding steroid dienone is 1. The van der Waals surface area contributed by atoms with Crippen molar-refractivity contribution >= 4 is 34.5 Å². The number of fused-ring (bicyclic) bond motifs is 5. The van der Waals surface area contributed by atoms with Crippen LogP contribution in [0.4, 0.5) is 0 Å². The van der Waals surface area contributed by atoms with Crippen LogP contribution in [0.2, 0.25) is 0 Å². The van der Waals surface area contributed by atoms with Gasteiger partial charge in [-0.15, -0.1) is 0 Å². The molecule has 17 heavy (non-hydrogen) atoms. The first-order chi connectivity index (χ1) is 8.33. The van der Waals surface area contributed by atoms with Crippen molar-refractivity contribution in [1.29, 1.82) is 0 Å². The molecule has 0 bridgehead atoms. The fourth-order valence-electron chi connectivity index (χ4n) is 2.31. The van der Waals surface area contributed by atoms with Crippen molar-refractivity contribution in [2.45, 2.75) is 0 Å². The predicted octanol–water partition coefficient (Wildman–Crippen LogP) is 0.978. The maximum atomic E-state index is 11.5. The van der Waals surface area contributed by atoms with Crippen LogP contribution in [0.15, 0.2) is 30.9 Å². The van der Waals surface area contributed by atoms with Gasteiger partial charge in [0.25, 0.3) is 0 Å². The molecule has 0 fully saturated rings. The van der Waals surface area contributed by atoms with Crippen LogP contribution in [0.3, 0.4) is 0 Å². The van der Waals surface area contributed by atoms with E-state index in [9.17, 15) is 4.79 Å². The van der Waals surface area contributed by atoms with Crippen molar-refractivity contribution < 1.29 is 4.79 Å². The molecule has 4 nitrogen and oxygen atoms in total. The Labute approximate surface area is 95.9 Å². The van der Waals surface area contributed by atoms with Gasteiger partial charge in [0, 0.05) is 23.2 Å². The molecule has 0 amide bonds. The van der Waals surface area contributed by atoms with Crippen molar-refractivity contribution in [3.63, 3.8) is 0 Å². The molecule has 0 spiro atoms. The second-order valence-electron chi connectivity index (χ2n) is 4.06. The van der Waals surface area contributed by atoms with Crippen LogP contribution in [0.5, 0.6) is 0 Å². The van der Waals surface area contributed by atoms with Gasteiger partial charge in [0.05, 0.1) is 11.0 Å². The van der Waals surface area contributed by atoms with Gasteiger partial charge in [0.15, 0.2) is 5.78 Å². The number of imidazole rings is 1. The summed E-state index contributed by atoms with van der Waals surface area (Å²) in [7, 11) is 0. The number of carbonyl (C=O) groups excluding carboxylic acids is 1. The third kappa shape index (κ3) is 1.04. The molecule has 0 atom stereocenters. The lowest BCUT2D eigenvalue weighted by Gasteiger charge is -1.95. The maximum absolute atomic E-state index is 11.5. The van der Waals surface area contributed by atoms with Gasteiger partial charge in [0.1, 0.15) is 11.8 Å². The monoisotopic (exact) mass is 221 g/mol. The summed E-state index contributed by atoms with van der Waals surface area (Å²) in [6.07, 6.45) is 10.6. The highest BCUT2D eigenvalue weighted by molar-refractivity contribution is 6.18. The number of hydrogen-bond donors (Lipinski definition) is 0. The molecule has 80 valence electrons. The smallest absolute Gasteiger partial charge is 0.179 e. The summed E-state index contributed by atoms with van der Waals surface area (Å²) in [6.45, 7) is 0. The Kier molecular flexibility index (Phi) is 1.42. The zero-order valence-electron chi connectivity index (χ0n) is 8.79. The van der Waals surface area contributed by atoms with E-state index in [0.717, 1.165) is 27.3 Å². The maximum Gasteiger partial charge on any atom is 0.179 e. The van der Waals surface area contributed by atoms with Gasteiger partial charge in [-0.05, 0) is 24.3 Å². The van der Waals surface area contributed by atoms with Gasteiger partial charge in [-0.25, -0.2) is 9.97 Å². The van der Waals surface area contributed by atoms with Gasteiger partial charge < -0.3 is 4.40 Å². The third-order valence-corrected chi connectivity index (χ3v) is 3.06. The van der Waals surface area contributed by atoms with Gasteiger partial charge in [-0.3, -0.25) is 4.79 Å². The molecule has 0 aliphatic heterocycles. The highest BCUT2D eigenvalue weighted by atomic mass is 16.1. The second-order valence-corrected chi connectivity index (χ2v) is 4.06. The molecule has 3 heterocycles. The van der Waals surface area contributed by atoms with Crippen molar-refractivity contribution in [3.05, 3.63) is 41.6 Å². The van der Waals surface area contributed by atoms with Gasteiger partial charge in [-0.1, -0.05) is 0 Å². The molecule has 3 aromatic rings. The zero-order chi connectivity index (χ0) is 11.4. The van der Waals surface area contributed by atoms with Crippen molar-refractivity contribution in [1.82, 2.24) is 14.4 Å². The van der Waals surface area contributed by atoms with Crippen molar-refractivity contribution in [3.8, 4) is 0 Å². The molecule has 0 radical (unpaired) electrons. The number of rotatable bonds is 0. The molecular weight excluding hydrogens is 214 g/mol. The average molecular weight is 221 g/mol. The summed E-state index contributed by atoms with van der Waals surface area (Å²) in [6, 6.07) is 1.92. The lowest BCUT2D eigenvalue weighted by molar-refractivity contribution is -0.109. The van der Waals surface area contributed by atoms with Crippen LogP contribution < -0.4 is 5.22 Å². The molecule has 0 saturated carbocycles. The molecule has 0 saturated heterocycles. The third-order valence-electron chi connectivity index (χ3n) is 3.06. The molecule has 1 aliphatic rings. The zero-order valence-corrected chi connectivity index (χ0v) is 8.79. The Morgan fingerprint density at radius 2 is 2.12 bits per heavy atom. The summed E-state index contributed by atoms with van der Waals surface area (Å²) < 4.78 is 1.99. The summed E-state index contributed by atoms with van der Waals surface area (Å²) in [4.78, 5) is 19.9. The molecule has 0 N–H and O–H groups in total. The standard InChI is InChI=1S/C13H7N3O/c17-9-2-1-8-6-16-4-3-11-12(15-7-14-11)13(16)10(8)5-9/h1-7H. The van der Waals surface area contributed by atoms with E-state index in [-0.39, 0.29) is 5.78 Å². The highest BCUT2D eigenvalue weighted by Gasteiger charge is 2.11. The largest absolute Gasteiger partial charge is 0.321 e. The second kappa shape index (κ2) is 2.79. The molecule has 0 aromatic carbocycles. The van der Waals surface area contributed by atoms with Crippen molar-refractivity contribution in [2.75, 3.05) is 0 Å². The van der Waals surface area contributed by atoms with Crippen LogP contribution >= 0.6 is 0 Å². The molecule has 4 heteroatoms. The van der Waals surface area contributed by atoms with Crippen LogP contribution in [-0.4, -0.2) is 20.2 Å². The first-order valence-corrected chi connectivity index (χ1v) is 5.31. The van der Waals surface area contributed by atoms with Crippen LogP contribution in [0.25, 0.3) is 28.7 Å². The Balaban J connectivity index is 2.35. The Bertz CT molecular complexity index is 858. The molecule has 4 rings (SSSR count). The molecule has 3 aromatic heterocycles. The van der Waals surface area contributed by atoms with E-state index in [1.165, 1.54) is 0 Å². The van der Waals surface area contributed by atoms with Gasteiger partial charge in [-0.2, -0.15) is 0 Å². The Hall–Kier alpha value is -2.49. The first-order valence-electron chi connectivity index (χ1n) is 5.31. The fraction of sp³-hybridized carbons (Fsp3) is 0. The number of aromatic nitrogens is 3. The molecule has 0 unspecified atom stereocenters. The molecular formula is C13H7N3O. The Morgan fingerprint density at radius 1 is 1.18 bits per heavy atom. The van der Waals surface area contributed by atoms with E-state index < -0.39 is 0 Å². The van der Waals surface area contributed by atoms with E-state index in [1.54, 1.807) is 18.5 Å².